The van der Waals surface area contributed by atoms with Crippen LogP contribution in [0.5, 0.6) is 0 Å². The molecule has 0 saturated carbocycles. The number of benzene rings is 2. The summed E-state index contributed by atoms with van der Waals surface area (Å²) in [5, 5.41) is 4.23. The van der Waals surface area contributed by atoms with E-state index in [1.165, 1.54) is 18.7 Å². The summed E-state index contributed by atoms with van der Waals surface area (Å²) in [6, 6.07) is 16.2. The summed E-state index contributed by atoms with van der Waals surface area (Å²) >= 11 is 6.07. The van der Waals surface area contributed by atoms with Crippen molar-refractivity contribution in [1.82, 2.24) is 5.32 Å². The second kappa shape index (κ2) is 10.9. The van der Waals surface area contributed by atoms with Gasteiger partial charge in [-0.1, -0.05) is 48.0 Å². The minimum atomic E-state index is -0.357. The number of halogens is 1. The Morgan fingerprint density at radius 1 is 1.19 bits per heavy atom. The van der Waals surface area contributed by atoms with E-state index in [0.29, 0.717) is 17.6 Å². The summed E-state index contributed by atoms with van der Waals surface area (Å²) in [4.78, 5) is 11.1. The number of ether oxygens (including phenoxy) is 2. The molecule has 2 aromatic carbocycles. The first-order chi connectivity index (χ1) is 13.0. The lowest BCUT2D eigenvalue weighted by Gasteiger charge is -2.20. The standard InChI is InChI=1S/C22H26ClNO3/c1-16(24-15-21(26-2)19-5-4-6-20(23)14-19)13-18-9-7-17(8-10-18)11-12-22(25)27-3/h4-12,14,16,21,24H,13,15H2,1-3H3. The Balaban J connectivity index is 1.86. The molecule has 0 radical (unpaired) electrons. The second-order valence-electron chi connectivity index (χ2n) is 6.39. The quantitative estimate of drug-likeness (QED) is 0.510. The molecule has 144 valence electrons. The Bertz CT molecular complexity index is 758. The molecule has 2 rings (SSSR count). The zero-order chi connectivity index (χ0) is 19.6. The van der Waals surface area contributed by atoms with E-state index in [1.807, 2.05) is 36.4 Å². The van der Waals surface area contributed by atoms with Crippen molar-refractivity contribution in [2.45, 2.75) is 25.5 Å². The molecule has 27 heavy (non-hydrogen) atoms. The maximum Gasteiger partial charge on any atom is 0.330 e. The molecule has 2 aromatic rings. The average Bonchev–Trinajstić information content (AvgIpc) is 2.67. The fraction of sp³-hybridized carbons (Fsp3) is 0.318. The zero-order valence-electron chi connectivity index (χ0n) is 15.9. The van der Waals surface area contributed by atoms with Crippen molar-refractivity contribution >= 4 is 23.6 Å². The van der Waals surface area contributed by atoms with Crippen LogP contribution in [0.3, 0.4) is 0 Å². The van der Waals surface area contributed by atoms with E-state index in [9.17, 15) is 4.79 Å². The van der Waals surface area contributed by atoms with Gasteiger partial charge in [0.25, 0.3) is 0 Å². The molecule has 0 aliphatic rings. The molecule has 2 unspecified atom stereocenters. The molecule has 4 nitrogen and oxygen atoms in total. The van der Waals surface area contributed by atoms with Crippen LogP contribution in [0.2, 0.25) is 5.02 Å². The first kappa shape index (κ1) is 21.2. The second-order valence-corrected chi connectivity index (χ2v) is 6.83. The topological polar surface area (TPSA) is 47.6 Å². The molecule has 0 aliphatic carbocycles. The first-order valence-electron chi connectivity index (χ1n) is 8.88. The van der Waals surface area contributed by atoms with Gasteiger partial charge in [-0.15, -0.1) is 0 Å². The third-order valence-electron chi connectivity index (χ3n) is 4.29. The highest BCUT2D eigenvalue weighted by Crippen LogP contribution is 2.20. The number of nitrogens with one attached hydrogen (secondary N) is 1. The third-order valence-corrected chi connectivity index (χ3v) is 4.53. The summed E-state index contributed by atoms with van der Waals surface area (Å²) in [5.41, 5.74) is 3.25. The van der Waals surface area contributed by atoms with Crippen molar-refractivity contribution in [3.05, 3.63) is 76.3 Å². The van der Waals surface area contributed by atoms with Gasteiger partial charge in [0.05, 0.1) is 13.2 Å². The molecule has 0 spiro atoms. The predicted octanol–water partition coefficient (Wildman–Crippen LogP) is 4.43. The van der Waals surface area contributed by atoms with E-state index < -0.39 is 0 Å². The average molecular weight is 388 g/mol. The molecule has 0 aliphatic heterocycles. The van der Waals surface area contributed by atoms with E-state index >= 15 is 0 Å². The lowest BCUT2D eigenvalue weighted by molar-refractivity contribution is -0.134. The van der Waals surface area contributed by atoms with Gasteiger partial charge in [-0.05, 0) is 48.2 Å². The highest BCUT2D eigenvalue weighted by molar-refractivity contribution is 6.30. The molecular formula is C22H26ClNO3. The lowest BCUT2D eigenvalue weighted by atomic mass is 10.0. The minimum Gasteiger partial charge on any atom is -0.466 e. The molecule has 0 fully saturated rings. The molecule has 0 saturated heterocycles. The van der Waals surface area contributed by atoms with Crippen LogP contribution in [0, 0.1) is 0 Å². The fourth-order valence-electron chi connectivity index (χ4n) is 2.78. The van der Waals surface area contributed by atoms with Gasteiger partial charge in [0.15, 0.2) is 0 Å². The third kappa shape index (κ3) is 7.18. The zero-order valence-corrected chi connectivity index (χ0v) is 16.7. The maximum absolute atomic E-state index is 11.1. The molecule has 0 bridgehead atoms. The molecule has 2 atom stereocenters. The van der Waals surface area contributed by atoms with Crippen LogP contribution in [-0.2, 0) is 20.7 Å². The Morgan fingerprint density at radius 2 is 1.93 bits per heavy atom. The summed E-state index contributed by atoms with van der Waals surface area (Å²) in [5.74, 6) is -0.357. The minimum absolute atomic E-state index is 0.0445. The molecule has 5 heteroatoms. The van der Waals surface area contributed by atoms with Crippen LogP contribution >= 0.6 is 11.6 Å². The monoisotopic (exact) mass is 387 g/mol. The summed E-state index contributed by atoms with van der Waals surface area (Å²) in [6.45, 7) is 2.85. The van der Waals surface area contributed by atoms with Crippen LogP contribution in [-0.4, -0.2) is 32.8 Å². The lowest BCUT2D eigenvalue weighted by Crippen LogP contribution is -2.32. The number of methoxy groups -OCH3 is 2. The van der Waals surface area contributed by atoms with E-state index in [0.717, 1.165) is 17.5 Å². The smallest absolute Gasteiger partial charge is 0.330 e. The van der Waals surface area contributed by atoms with Gasteiger partial charge < -0.3 is 14.8 Å². The normalized spacial score (nSPS) is 13.5. The van der Waals surface area contributed by atoms with Gasteiger partial charge in [-0.3, -0.25) is 0 Å². The number of hydrogen-bond acceptors (Lipinski definition) is 4. The van der Waals surface area contributed by atoms with E-state index in [1.54, 1.807) is 13.2 Å². The highest BCUT2D eigenvalue weighted by Gasteiger charge is 2.12. The van der Waals surface area contributed by atoms with E-state index in [2.05, 4.69) is 29.1 Å². The van der Waals surface area contributed by atoms with Crippen molar-refractivity contribution in [1.29, 1.82) is 0 Å². The van der Waals surface area contributed by atoms with Crippen LogP contribution in [0.1, 0.15) is 29.7 Å². The summed E-state index contributed by atoms with van der Waals surface area (Å²) in [6.07, 6.45) is 4.01. The van der Waals surface area contributed by atoms with Crippen LogP contribution in [0.15, 0.2) is 54.6 Å². The molecule has 0 aromatic heterocycles. The number of carbonyl (C=O) groups is 1. The molecular weight excluding hydrogens is 362 g/mol. The van der Waals surface area contributed by atoms with Gasteiger partial charge in [0.2, 0.25) is 0 Å². The summed E-state index contributed by atoms with van der Waals surface area (Å²) in [7, 11) is 3.07. The van der Waals surface area contributed by atoms with E-state index in [-0.39, 0.29) is 12.1 Å². The predicted molar refractivity (Wildman–Crippen MR) is 110 cm³/mol. The Morgan fingerprint density at radius 3 is 2.56 bits per heavy atom. The van der Waals surface area contributed by atoms with Gasteiger partial charge >= 0.3 is 5.97 Å². The fourth-order valence-corrected chi connectivity index (χ4v) is 2.97. The van der Waals surface area contributed by atoms with Crippen molar-refractivity contribution in [3.8, 4) is 0 Å². The van der Waals surface area contributed by atoms with Gasteiger partial charge in [-0.2, -0.15) is 0 Å². The first-order valence-corrected chi connectivity index (χ1v) is 9.26. The van der Waals surface area contributed by atoms with Crippen molar-refractivity contribution < 1.29 is 14.3 Å². The van der Waals surface area contributed by atoms with Crippen molar-refractivity contribution in [3.63, 3.8) is 0 Å². The highest BCUT2D eigenvalue weighted by atomic mass is 35.5. The number of esters is 1. The van der Waals surface area contributed by atoms with Gasteiger partial charge in [0.1, 0.15) is 0 Å². The van der Waals surface area contributed by atoms with Gasteiger partial charge in [-0.25, -0.2) is 4.79 Å². The van der Waals surface area contributed by atoms with Crippen molar-refractivity contribution in [2.75, 3.05) is 20.8 Å². The van der Waals surface area contributed by atoms with Crippen LogP contribution < -0.4 is 5.32 Å². The largest absolute Gasteiger partial charge is 0.466 e. The Labute approximate surface area is 166 Å². The molecule has 1 N–H and O–H groups in total. The Kier molecular flexibility index (Phi) is 8.52. The molecule has 0 heterocycles. The van der Waals surface area contributed by atoms with Gasteiger partial charge in [0, 0.05) is 30.8 Å². The SMILES string of the molecule is COC(=O)C=Cc1ccc(CC(C)NCC(OC)c2cccc(Cl)c2)cc1. The number of carbonyl (C=O) groups excluding carboxylic acids is 1. The summed E-state index contributed by atoms with van der Waals surface area (Å²) < 4.78 is 10.2. The number of rotatable bonds is 9. The molecule has 0 amide bonds. The van der Waals surface area contributed by atoms with Crippen LogP contribution in [0.4, 0.5) is 0 Å². The van der Waals surface area contributed by atoms with Crippen molar-refractivity contribution in [2.24, 2.45) is 0 Å². The van der Waals surface area contributed by atoms with E-state index in [4.69, 9.17) is 16.3 Å². The maximum atomic E-state index is 11.1. The number of hydrogen-bond donors (Lipinski definition) is 1. The van der Waals surface area contributed by atoms with Crippen LogP contribution in [0.25, 0.3) is 6.08 Å². The Hall–Kier alpha value is -2.14.